The first-order chi connectivity index (χ1) is 8.79. The van der Waals surface area contributed by atoms with Gasteiger partial charge >= 0.3 is 0 Å². The van der Waals surface area contributed by atoms with E-state index in [4.69, 9.17) is 15.2 Å². The predicted molar refractivity (Wildman–Crippen MR) is 74.1 cm³/mol. The van der Waals surface area contributed by atoms with E-state index in [1.807, 2.05) is 18.2 Å². The van der Waals surface area contributed by atoms with Crippen molar-refractivity contribution in [2.75, 3.05) is 18.9 Å². The zero-order valence-electron chi connectivity index (χ0n) is 11.2. The molecule has 0 aliphatic heterocycles. The number of hydrogen-bond acceptors (Lipinski definition) is 3. The molecule has 0 unspecified atom stereocenters. The average Bonchev–Trinajstić information content (AvgIpc) is 2.32. The summed E-state index contributed by atoms with van der Waals surface area (Å²) in [6.07, 6.45) is 6.27. The third kappa shape index (κ3) is 3.56. The van der Waals surface area contributed by atoms with Crippen LogP contribution in [0.4, 0.5) is 5.69 Å². The Labute approximate surface area is 109 Å². The first kappa shape index (κ1) is 13.1. The zero-order chi connectivity index (χ0) is 12.8. The first-order valence-corrected chi connectivity index (χ1v) is 6.94. The predicted octanol–water partition coefficient (Wildman–Crippen LogP) is 3.63. The molecule has 0 amide bonds. The van der Waals surface area contributed by atoms with Gasteiger partial charge in [0.2, 0.25) is 0 Å². The van der Waals surface area contributed by atoms with Crippen LogP contribution in [-0.2, 0) is 0 Å². The van der Waals surface area contributed by atoms with Crippen LogP contribution in [0.5, 0.6) is 11.5 Å². The number of nitrogens with two attached hydrogens (primary N) is 1. The summed E-state index contributed by atoms with van der Waals surface area (Å²) in [6, 6.07) is 5.66. The van der Waals surface area contributed by atoms with Crippen molar-refractivity contribution < 1.29 is 9.47 Å². The summed E-state index contributed by atoms with van der Waals surface area (Å²) >= 11 is 0. The van der Waals surface area contributed by atoms with E-state index in [2.05, 4.69) is 6.92 Å². The minimum absolute atomic E-state index is 0.676. The van der Waals surface area contributed by atoms with Crippen molar-refractivity contribution in [2.45, 2.75) is 39.0 Å². The van der Waals surface area contributed by atoms with Gasteiger partial charge in [0, 0.05) is 6.07 Å². The van der Waals surface area contributed by atoms with Gasteiger partial charge in [-0.05, 0) is 30.9 Å². The maximum absolute atomic E-state index is 5.86. The lowest BCUT2D eigenvalue weighted by Gasteiger charge is -2.25. The van der Waals surface area contributed by atoms with Gasteiger partial charge in [0.05, 0.1) is 18.9 Å². The van der Waals surface area contributed by atoms with Crippen molar-refractivity contribution in [3.63, 3.8) is 0 Å². The number of rotatable bonds is 7. The Balaban J connectivity index is 1.83. The molecule has 0 saturated heterocycles. The lowest BCUT2D eigenvalue weighted by atomic mass is 9.83. The molecule has 18 heavy (non-hydrogen) atoms. The Morgan fingerprint density at radius 2 is 2.06 bits per heavy atom. The second-order valence-corrected chi connectivity index (χ2v) is 4.98. The van der Waals surface area contributed by atoms with Gasteiger partial charge in [-0.25, -0.2) is 0 Å². The minimum atomic E-state index is 0.676. The van der Waals surface area contributed by atoms with Crippen LogP contribution in [0.15, 0.2) is 18.2 Å². The fourth-order valence-corrected chi connectivity index (χ4v) is 2.07. The maximum atomic E-state index is 5.86. The lowest BCUT2D eigenvalue weighted by Crippen LogP contribution is -2.14. The third-order valence-electron chi connectivity index (χ3n) is 3.47. The molecular formula is C15H23NO2. The van der Waals surface area contributed by atoms with Crippen LogP contribution >= 0.6 is 0 Å². The van der Waals surface area contributed by atoms with Crippen LogP contribution in [-0.4, -0.2) is 13.2 Å². The SMILES string of the molecule is CCCOc1cc(OCCC2CCC2)ccc1N. The largest absolute Gasteiger partial charge is 0.493 e. The van der Waals surface area contributed by atoms with Gasteiger partial charge in [0.15, 0.2) is 0 Å². The molecule has 2 rings (SSSR count). The second kappa shape index (κ2) is 6.53. The van der Waals surface area contributed by atoms with E-state index in [1.54, 1.807) is 0 Å². The van der Waals surface area contributed by atoms with Crippen LogP contribution < -0.4 is 15.2 Å². The van der Waals surface area contributed by atoms with Crippen molar-refractivity contribution in [1.29, 1.82) is 0 Å². The molecule has 100 valence electrons. The monoisotopic (exact) mass is 249 g/mol. The average molecular weight is 249 g/mol. The molecule has 0 bridgehead atoms. The van der Waals surface area contributed by atoms with Gasteiger partial charge in [-0.1, -0.05) is 26.2 Å². The molecule has 0 radical (unpaired) electrons. The number of anilines is 1. The van der Waals surface area contributed by atoms with E-state index in [9.17, 15) is 0 Å². The van der Waals surface area contributed by atoms with E-state index >= 15 is 0 Å². The maximum Gasteiger partial charge on any atom is 0.145 e. The van der Waals surface area contributed by atoms with Gasteiger partial charge in [0.1, 0.15) is 11.5 Å². The van der Waals surface area contributed by atoms with E-state index in [0.29, 0.717) is 12.3 Å². The summed E-state index contributed by atoms with van der Waals surface area (Å²) in [7, 11) is 0. The highest BCUT2D eigenvalue weighted by Crippen LogP contribution is 2.30. The fraction of sp³-hybridized carbons (Fsp3) is 0.600. The fourth-order valence-electron chi connectivity index (χ4n) is 2.07. The minimum Gasteiger partial charge on any atom is -0.493 e. The zero-order valence-corrected chi connectivity index (χ0v) is 11.2. The molecule has 0 heterocycles. The molecular weight excluding hydrogens is 226 g/mol. The number of nitrogen functional groups attached to an aromatic ring is 1. The van der Waals surface area contributed by atoms with Crippen LogP contribution in [0.2, 0.25) is 0 Å². The number of hydrogen-bond donors (Lipinski definition) is 1. The molecule has 2 N–H and O–H groups in total. The molecule has 1 aliphatic carbocycles. The Morgan fingerprint density at radius 1 is 1.22 bits per heavy atom. The smallest absolute Gasteiger partial charge is 0.145 e. The molecule has 3 nitrogen and oxygen atoms in total. The highest BCUT2D eigenvalue weighted by atomic mass is 16.5. The molecule has 1 aromatic rings. The van der Waals surface area contributed by atoms with Crippen molar-refractivity contribution >= 4 is 5.69 Å². The summed E-state index contributed by atoms with van der Waals surface area (Å²) in [6.45, 7) is 3.56. The Kier molecular flexibility index (Phi) is 4.73. The van der Waals surface area contributed by atoms with Gasteiger partial charge < -0.3 is 15.2 Å². The van der Waals surface area contributed by atoms with Gasteiger partial charge in [0.25, 0.3) is 0 Å². The molecule has 0 aromatic heterocycles. The van der Waals surface area contributed by atoms with Crippen LogP contribution in [0.25, 0.3) is 0 Å². The highest BCUT2D eigenvalue weighted by Gasteiger charge is 2.16. The van der Waals surface area contributed by atoms with E-state index in [1.165, 1.54) is 19.3 Å². The van der Waals surface area contributed by atoms with Gasteiger partial charge in [-0.2, -0.15) is 0 Å². The second-order valence-electron chi connectivity index (χ2n) is 4.98. The highest BCUT2D eigenvalue weighted by molar-refractivity contribution is 5.55. The molecule has 3 heteroatoms. The van der Waals surface area contributed by atoms with E-state index < -0.39 is 0 Å². The van der Waals surface area contributed by atoms with Gasteiger partial charge in [-0.3, -0.25) is 0 Å². The standard InChI is InChI=1S/C15H23NO2/c1-2-9-18-15-11-13(6-7-14(15)16)17-10-8-12-4-3-5-12/h6-7,11-12H,2-5,8-10,16H2,1H3. The van der Waals surface area contributed by atoms with Crippen molar-refractivity contribution in [3.8, 4) is 11.5 Å². The molecule has 0 atom stereocenters. The number of benzene rings is 1. The third-order valence-corrected chi connectivity index (χ3v) is 3.47. The summed E-state index contributed by atoms with van der Waals surface area (Å²) in [4.78, 5) is 0. The number of ether oxygens (including phenoxy) is 2. The normalized spacial score (nSPS) is 15.2. The molecule has 1 saturated carbocycles. The molecule has 1 aromatic carbocycles. The summed E-state index contributed by atoms with van der Waals surface area (Å²) in [5.74, 6) is 2.47. The Hall–Kier alpha value is -1.38. The van der Waals surface area contributed by atoms with Crippen LogP contribution in [0.3, 0.4) is 0 Å². The summed E-state index contributed by atoms with van der Waals surface area (Å²) in [5.41, 5.74) is 6.53. The summed E-state index contributed by atoms with van der Waals surface area (Å²) in [5, 5.41) is 0. The first-order valence-electron chi connectivity index (χ1n) is 6.94. The van der Waals surface area contributed by atoms with Crippen molar-refractivity contribution in [3.05, 3.63) is 18.2 Å². The topological polar surface area (TPSA) is 44.5 Å². The van der Waals surface area contributed by atoms with Gasteiger partial charge in [-0.15, -0.1) is 0 Å². The molecule has 1 fully saturated rings. The molecule has 1 aliphatic rings. The Bertz CT molecular complexity index is 375. The van der Waals surface area contributed by atoms with E-state index in [-0.39, 0.29) is 0 Å². The quantitative estimate of drug-likeness (QED) is 0.750. The summed E-state index contributed by atoms with van der Waals surface area (Å²) < 4.78 is 11.3. The Morgan fingerprint density at radius 3 is 2.72 bits per heavy atom. The van der Waals surface area contributed by atoms with E-state index in [0.717, 1.165) is 36.9 Å². The van der Waals surface area contributed by atoms with Crippen LogP contribution in [0, 0.1) is 5.92 Å². The lowest BCUT2D eigenvalue weighted by molar-refractivity contribution is 0.221. The van der Waals surface area contributed by atoms with Crippen molar-refractivity contribution in [2.24, 2.45) is 5.92 Å². The van der Waals surface area contributed by atoms with Crippen molar-refractivity contribution in [1.82, 2.24) is 0 Å². The molecule has 0 spiro atoms. The van der Waals surface area contributed by atoms with Crippen LogP contribution in [0.1, 0.15) is 39.0 Å².